The van der Waals surface area contributed by atoms with Gasteiger partial charge in [-0.25, -0.2) is 5.01 Å². The first-order valence-corrected chi connectivity index (χ1v) is 11.6. The van der Waals surface area contributed by atoms with Crippen molar-refractivity contribution in [1.29, 1.82) is 0 Å². The van der Waals surface area contributed by atoms with Crippen molar-refractivity contribution in [2.24, 2.45) is 5.41 Å². The van der Waals surface area contributed by atoms with Gasteiger partial charge in [0.25, 0.3) is 11.8 Å². The number of nitrogens with zero attached hydrogens (tertiary/aromatic N) is 1. The number of hydrazine groups is 1. The van der Waals surface area contributed by atoms with Crippen molar-refractivity contribution in [2.45, 2.75) is 60.4 Å². The van der Waals surface area contributed by atoms with Gasteiger partial charge < -0.3 is 14.2 Å². The zero-order chi connectivity index (χ0) is 25.6. The van der Waals surface area contributed by atoms with Gasteiger partial charge in [0, 0.05) is 22.3 Å². The molecule has 0 spiro atoms. The highest BCUT2D eigenvalue weighted by Crippen LogP contribution is 2.32. The van der Waals surface area contributed by atoms with Gasteiger partial charge in [-0.1, -0.05) is 40.7 Å². The number of carbonyl (C=O) groups excluding carboxylic acids is 2. The van der Waals surface area contributed by atoms with Gasteiger partial charge in [-0.15, -0.1) is 0 Å². The SMILES string of the molecule is CCc1c(OC)cccc1C(=O)NN(C(=O)c1cc(OC)c(C)c(OC)c1)C(CC)C(C)(C)C. The van der Waals surface area contributed by atoms with Crippen molar-refractivity contribution >= 4 is 11.8 Å². The maximum absolute atomic E-state index is 13.9. The van der Waals surface area contributed by atoms with Crippen molar-refractivity contribution in [3.63, 3.8) is 0 Å². The smallest absolute Gasteiger partial charge is 0.272 e. The highest BCUT2D eigenvalue weighted by molar-refractivity contribution is 6.00. The van der Waals surface area contributed by atoms with Crippen LogP contribution in [-0.2, 0) is 6.42 Å². The molecule has 7 heteroatoms. The van der Waals surface area contributed by atoms with Crippen LogP contribution in [0.15, 0.2) is 30.3 Å². The summed E-state index contributed by atoms with van der Waals surface area (Å²) in [7, 11) is 4.68. The van der Waals surface area contributed by atoms with Crippen molar-refractivity contribution in [3.05, 3.63) is 52.6 Å². The average Bonchev–Trinajstić information content (AvgIpc) is 2.81. The molecule has 2 rings (SSSR count). The lowest BCUT2D eigenvalue weighted by molar-refractivity contribution is 0.0284. The number of benzene rings is 2. The highest BCUT2D eigenvalue weighted by atomic mass is 16.5. The fourth-order valence-corrected chi connectivity index (χ4v) is 4.31. The second kappa shape index (κ2) is 11.3. The first kappa shape index (κ1) is 27.0. The van der Waals surface area contributed by atoms with E-state index in [1.807, 2.05) is 47.6 Å². The molecule has 1 N–H and O–H groups in total. The summed E-state index contributed by atoms with van der Waals surface area (Å²) in [6.45, 7) is 12.0. The Balaban J connectivity index is 2.58. The highest BCUT2D eigenvalue weighted by Gasteiger charge is 2.35. The number of ether oxygens (including phenoxy) is 3. The third-order valence-corrected chi connectivity index (χ3v) is 6.09. The molecule has 0 aromatic heterocycles. The minimum atomic E-state index is -0.363. The van der Waals surface area contributed by atoms with Crippen LogP contribution >= 0.6 is 0 Å². The Kier molecular flexibility index (Phi) is 8.96. The first-order valence-electron chi connectivity index (χ1n) is 11.6. The fourth-order valence-electron chi connectivity index (χ4n) is 4.31. The second-order valence-corrected chi connectivity index (χ2v) is 9.25. The van der Waals surface area contributed by atoms with Gasteiger partial charge >= 0.3 is 0 Å². The lowest BCUT2D eigenvalue weighted by Gasteiger charge is -2.39. The van der Waals surface area contributed by atoms with Crippen LogP contribution in [0.5, 0.6) is 17.2 Å². The Labute approximate surface area is 203 Å². The Bertz CT molecular complexity index is 1000. The molecule has 7 nitrogen and oxygen atoms in total. The van der Waals surface area contributed by atoms with E-state index in [4.69, 9.17) is 14.2 Å². The van der Waals surface area contributed by atoms with Crippen LogP contribution in [-0.4, -0.2) is 44.2 Å². The molecule has 2 aromatic carbocycles. The Morgan fingerprint density at radius 1 is 0.971 bits per heavy atom. The molecule has 0 aliphatic heterocycles. The minimum Gasteiger partial charge on any atom is -0.496 e. The summed E-state index contributed by atoms with van der Waals surface area (Å²) in [4.78, 5) is 27.3. The molecule has 0 bridgehead atoms. The van der Waals surface area contributed by atoms with E-state index in [1.165, 1.54) is 5.01 Å². The summed E-state index contributed by atoms with van der Waals surface area (Å²) in [5.74, 6) is 1.02. The van der Waals surface area contributed by atoms with Gasteiger partial charge in [0.1, 0.15) is 17.2 Å². The minimum absolute atomic E-state index is 0.266. The standard InChI is InChI=1S/C27H38N2O5/c1-10-19-20(13-12-14-21(19)32-7)25(30)28-29(24(11-2)27(4,5)6)26(31)18-15-22(33-8)17(3)23(16-18)34-9/h12-16,24H,10-11H2,1-9H3,(H,28,30). The van der Waals surface area contributed by atoms with E-state index in [2.05, 4.69) is 5.43 Å². The Hall–Kier alpha value is -3.22. The normalized spacial score (nSPS) is 12.0. The first-order chi connectivity index (χ1) is 16.0. The molecule has 0 aliphatic rings. The molecule has 0 heterocycles. The number of hydrogen-bond donors (Lipinski definition) is 1. The van der Waals surface area contributed by atoms with Crippen LogP contribution < -0.4 is 19.6 Å². The largest absolute Gasteiger partial charge is 0.496 e. The quantitative estimate of drug-likeness (QED) is 0.537. The van der Waals surface area contributed by atoms with Gasteiger partial charge in [-0.3, -0.25) is 15.0 Å². The number of carbonyl (C=O) groups is 2. The van der Waals surface area contributed by atoms with E-state index in [9.17, 15) is 9.59 Å². The predicted octanol–water partition coefficient (Wildman–Crippen LogP) is 5.20. The van der Waals surface area contributed by atoms with Crippen molar-refractivity contribution in [1.82, 2.24) is 10.4 Å². The maximum Gasteiger partial charge on any atom is 0.272 e. The number of hydrogen-bond acceptors (Lipinski definition) is 5. The van der Waals surface area contributed by atoms with E-state index >= 15 is 0 Å². The zero-order valence-corrected chi connectivity index (χ0v) is 21.9. The number of nitrogens with one attached hydrogen (secondary N) is 1. The van der Waals surface area contributed by atoms with E-state index in [-0.39, 0.29) is 23.3 Å². The van der Waals surface area contributed by atoms with Crippen molar-refractivity contribution in [2.75, 3.05) is 21.3 Å². The second-order valence-electron chi connectivity index (χ2n) is 9.25. The van der Waals surface area contributed by atoms with E-state index in [0.717, 1.165) is 11.1 Å². The molecule has 0 fully saturated rings. The molecule has 2 amide bonds. The molecule has 0 saturated carbocycles. The van der Waals surface area contributed by atoms with E-state index in [0.29, 0.717) is 41.2 Å². The summed E-state index contributed by atoms with van der Waals surface area (Å²) in [5, 5.41) is 1.45. The summed E-state index contributed by atoms with van der Waals surface area (Å²) < 4.78 is 16.4. The lowest BCUT2D eigenvalue weighted by Crippen LogP contribution is -2.56. The molecule has 1 atom stereocenters. The van der Waals surface area contributed by atoms with Crippen LogP contribution in [0.25, 0.3) is 0 Å². The van der Waals surface area contributed by atoms with Gasteiger partial charge in [0.15, 0.2) is 0 Å². The Morgan fingerprint density at radius 3 is 1.97 bits per heavy atom. The number of rotatable bonds is 8. The van der Waals surface area contributed by atoms with Crippen LogP contribution in [0, 0.1) is 12.3 Å². The van der Waals surface area contributed by atoms with Gasteiger partial charge in [-0.05, 0) is 49.4 Å². The third-order valence-electron chi connectivity index (χ3n) is 6.09. The van der Waals surface area contributed by atoms with E-state index in [1.54, 1.807) is 45.6 Å². The molecular weight excluding hydrogens is 432 g/mol. The van der Waals surface area contributed by atoms with Crippen LogP contribution in [0.4, 0.5) is 0 Å². The topological polar surface area (TPSA) is 77.1 Å². The fraction of sp³-hybridized carbons (Fsp3) is 0.481. The molecule has 2 aromatic rings. The summed E-state index contributed by atoms with van der Waals surface area (Å²) >= 11 is 0. The molecule has 0 saturated heterocycles. The maximum atomic E-state index is 13.9. The molecule has 34 heavy (non-hydrogen) atoms. The van der Waals surface area contributed by atoms with E-state index < -0.39 is 0 Å². The zero-order valence-electron chi connectivity index (χ0n) is 21.9. The molecule has 1 unspecified atom stereocenters. The lowest BCUT2D eigenvalue weighted by atomic mass is 9.84. The number of amides is 2. The van der Waals surface area contributed by atoms with Crippen LogP contribution in [0.3, 0.4) is 0 Å². The van der Waals surface area contributed by atoms with Gasteiger partial charge in [0.05, 0.1) is 27.4 Å². The summed E-state index contributed by atoms with van der Waals surface area (Å²) in [5.41, 5.74) is 5.04. The summed E-state index contributed by atoms with van der Waals surface area (Å²) in [6, 6.07) is 8.44. The van der Waals surface area contributed by atoms with Crippen molar-refractivity contribution in [3.8, 4) is 17.2 Å². The number of methoxy groups -OCH3 is 3. The predicted molar refractivity (Wildman–Crippen MR) is 134 cm³/mol. The molecular formula is C27H38N2O5. The average molecular weight is 471 g/mol. The monoisotopic (exact) mass is 470 g/mol. The summed E-state index contributed by atoms with van der Waals surface area (Å²) in [6.07, 6.45) is 1.26. The van der Waals surface area contributed by atoms with Crippen molar-refractivity contribution < 1.29 is 23.8 Å². The molecule has 0 radical (unpaired) electrons. The third kappa shape index (κ3) is 5.64. The Morgan fingerprint density at radius 2 is 1.53 bits per heavy atom. The van der Waals surface area contributed by atoms with Crippen LogP contribution in [0.1, 0.15) is 72.9 Å². The van der Waals surface area contributed by atoms with Gasteiger partial charge in [0.2, 0.25) is 0 Å². The van der Waals surface area contributed by atoms with Crippen LogP contribution in [0.2, 0.25) is 0 Å². The molecule has 0 aliphatic carbocycles. The van der Waals surface area contributed by atoms with Gasteiger partial charge in [-0.2, -0.15) is 0 Å². The molecule has 186 valence electrons.